The minimum absolute atomic E-state index is 0.0582. The molecule has 52 heavy (non-hydrogen) atoms. The average Bonchev–Trinajstić information content (AvgIpc) is 3.13. The second kappa shape index (κ2) is 41.2. The van der Waals surface area contributed by atoms with E-state index in [1.807, 2.05) is 0 Å². The van der Waals surface area contributed by atoms with Crippen molar-refractivity contribution in [3.63, 3.8) is 0 Å². The molecule has 0 spiro atoms. The van der Waals surface area contributed by atoms with E-state index in [0.717, 1.165) is 38.5 Å². The normalized spacial score (nSPS) is 11.8. The molecule has 0 aliphatic rings. The molecule has 308 valence electrons. The van der Waals surface area contributed by atoms with Gasteiger partial charge >= 0.3 is 24.2 Å². The maximum absolute atomic E-state index is 12.0. The quantitative estimate of drug-likeness (QED) is 0.0364. The van der Waals surface area contributed by atoms with Crippen LogP contribution in [0.5, 0.6) is 0 Å². The first kappa shape index (κ1) is 51.5. The lowest BCUT2D eigenvalue weighted by atomic mass is 10.1. The van der Waals surface area contributed by atoms with Gasteiger partial charge in [0.05, 0.1) is 26.4 Å². The van der Waals surface area contributed by atoms with Gasteiger partial charge in [-0.3, -0.25) is 9.59 Å². The largest absolute Gasteiger partial charge is 0.508 e. The van der Waals surface area contributed by atoms with Gasteiger partial charge in [0, 0.05) is 12.8 Å². The fourth-order valence-corrected chi connectivity index (χ4v) is 5.23. The summed E-state index contributed by atoms with van der Waals surface area (Å²) in [6.45, 7) is 6.94. The minimum Gasteiger partial charge on any atom is -0.462 e. The van der Waals surface area contributed by atoms with Crippen LogP contribution < -0.4 is 0 Å². The Bertz CT molecular complexity index is 822. The molecular formula is C40H76O12. The summed E-state index contributed by atoms with van der Waals surface area (Å²) in [6.07, 6.45) is 24.4. The maximum Gasteiger partial charge on any atom is 0.508 e. The van der Waals surface area contributed by atoms with E-state index in [1.54, 1.807) is 13.8 Å². The number of aliphatic hydroxyl groups excluding tert-OH is 2. The third-order valence-corrected chi connectivity index (χ3v) is 8.28. The highest BCUT2D eigenvalue weighted by Crippen LogP contribution is 2.14. The van der Waals surface area contributed by atoms with Crippen molar-refractivity contribution < 1.29 is 57.8 Å². The van der Waals surface area contributed by atoms with Crippen molar-refractivity contribution >= 4 is 24.2 Å². The Hall–Kier alpha value is -2.60. The van der Waals surface area contributed by atoms with Crippen LogP contribution in [-0.2, 0) is 38.0 Å². The van der Waals surface area contributed by atoms with E-state index in [4.69, 9.17) is 14.6 Å². The summed E-state index contributed by atoms with van der Waals surface area (Å²) >= 11 is 0. The predicted octanol–water partition coefficient (Wildman–Crippen LogP) is 9.53. The summed E-state index contributed by atoms with van der Waals surface area (Å²) in [5, 5.41) is 18.3. The van der Waals surface area contributed by atoms with Crippen molar-refractivity contribution in [1.82, 2.24) is 0 Å². The molecule has 0 aromatic rings. The topological polar surface area (TPSA) is 164 Å². The Morgan fingerprint density at radius 3 is 1.15 bits per heavy atom. The highest BCUT2D eigenvalue weighted by molar-refractivity contribution is 5.70. The summed E-state index contributed by atoms with van der Waals surface area (Å²) in [5.74, 6) is -0.586. The van der Waals surface area contributed by atoms with Gasteiger partial charge in [-0.15, -0.1) is 0 Å². The third kappa shape index (κ3) is 38.6. The number of unbranched alkanes of at least 4 members (excludes halogenated alkanes) is 20. The third-order valence-electron chi connectivity index (χ3n) is 8.28. The van der Waals surface area contributed by atoms with Crippen LogP contribution in [0.25, 0.3) is 0 Å². The van der Waals surface area contributed by atoms with E-state index in [0.29, 0.717) is 12.8 Å². The summed E-state index contributed by atoms with van der Waals surface area (Å²) < 4.78 is 28.7. The predicted molar refractivity (Wildman–Crippen MR) is 202 cm³/mol. The molecule has 2 N–H and O–H groups in total. The lowest BCUT2D eigenvalue weighted by Gasteiger charge is -2.15. The fourth-order valence-electron chi connectivity index (χ4n) is 5.23. The molecule has 0 aliphatic heterocycles. The van der Waals surface area contributed by atoms with Crippen LogP contribution in [-0.4, -0.2) is 86.3 Å². The molecule has 12 heteroatoms. The first-order valence-corrected chi connectivity index (χ1v) is 20.5. The first-order valence-electron chi connectivity index (χ1n) is 20.5. The van der Waals surface area contributed by atoms with Gasteiger partial charge in [0.15, 0.2) is 12.2 Å². The van der Waals surface area contributed by atoms with E-state index < -0.39 is 31.1 Å². The lowest BCUT2D eigenvalue weighted by molar-refractivity contribution is -0.161. The molecule has 0 heterocycles. The van der Waals surface area contributed by atoms with E-state index in [-0.39, 0.29) is 45.0 Å². The molecule has 0 radical (unpaired) electrons. The molecule has 0 saturated heterocycles. The number of esters is 2. The zero-order valence-corrected chi connectivity index (χ0v) is 33.3. The van der Waals surface area contributed by atoms with Gasteiger partial charge in [0.2, 0.25) is 0 Å². The standard InChI is InChI=1S/C31H60O5.C9H16O7/c1-3-5-7-9-11-13-15-17-19-21-23-25-30(33)35-28-29(27-32)36-31(34)26-24-22-20-18-16-14-12-10-8-6-4-2;1-3-13-8(11)15-6-7(5-10)16-9(12)14-4-2/h29,32H,3-28H2,1-2H3;7,10H,3-6H2,1-2H3/t29-;/m0./s1. The molecule has 12 nitrogen and oxygen atoms in total. The van der Waals surface area contributed by atoms with Gasteiger partial charge in [-0.25, -0.2) is 9.59 Å². The number of rotatable bonds is 34. The van der Waals surface area contributed by atoms with Gasteiger partial charge in [-0.1, -0.05) is 142 Å². The van der Waals surface area contributed by atoms with Crippen molar-refractivity contribution in [1.29, 1.82) is 0 Å². The van der Waals surface area contributed by atoms with Crippen LogP contribution in [0.3, 0.4) is 0 Å². The summed E-state index contributed by atoms with van der Waals surface area (Å²) in [7, 11) is 0. The maximum atomic E-state index is 12.0. The molecule has 0 saturated carbocycles. The van der Waals surface area contributed by atoms with Crippen LogP contribution in [0, 0.1) is 0 Å². The summed E-state index contributed by atoms with van der Waals surface area (Å²) in [6, 6.07) is 0. The lowest BCUT2D eigenvalue weighted by Crippen LogP contribution is -2.29. The van der Waals surface area contributed by atoms with Gasteiger partial charge < -0.3 is 38.6 Å². The molecule has 0 aromatic carbocycles. The molecule has 0 aromatic heterocycles. The SMILES string of the molecule is CCCCCCCCCCCCCC(=O)OC[C@H](CO)OC(=O)CCCCCCCCCCCCC.CCOC(=O)OCC(CO)OC(=O)OCC. The van der Waals surface area contributed by atoms with Crippen molar-refractivity contribution in [3.05, 3.63) is 0 Å². The van der Waals surface area contributed by atoms with E-state index in [1.165, 1.54) is 103 Å². The zero-order valence-electron chi connectivity index (χ0n) is 33.3. The van der Waals surface area contributed by atoms with Crippen LogP contribution in [0.1, 0.15) is 182 Å². The molecule has 0 fully saturated rings. The van der Waals surface area contributed by atoms with Crippen molar-refractivity contribution in [3.8, 4) is 0 Å². The number of aliphatic hydroxyl groups is 2. The summed E-state index contributed by atoms with van der Waals surface area (Å²) in [5.41, 5.74) is 0. The minimum atomic E-state index is -0.955. The van der Waals surface area contributed by atoms with Gasteiger partial charge in [-0.2, -0.15) is 0 Å². The average molecular weight is 749 g/mol. The van der Waals surface area contributed by atoms with Crippen molar-refractivity contribution in [2.75, 3.05) is 39.6 Å². The molecule has 2 atom stereocenters. The Labute approximate surface area is 315 Å². The molecule has 0 amide bonds. The van der Waals surface area contributed by atoms with E-state index in [9.17, 15) is 24.3 Å². The zero-order chi connectivity index (χ0) is 38.9. The molecule has 0 rings (SSSR count). The van der Waals surface area contributed by atoms with Crippen molar-refractivity contribution in [2.45, 2.75) is 194 Å². The smallest absolute Gasteiger partial charge is 0.462 e. The fraction of sp³-hybridized carbons (Fsp3) is 0.900. The number of hydrogen-bond donors (Lipinski definition) is 2. The highest BCUT2D eigenvalue weighted by Gasteiger charge is 2.18. The number of carbonyl (C=O) groups is 4. The number of carbonyl (C=O) groups excluding carboxylic acids is 4. The number of hydrogen-bond acceptors (Lipinski definition) is 12. The Morgan fingerprint density at radius 1 is 0.404 bits per heavy atom. The Morgan fingerprint density at radius 2 is 0.750 bits per heavy atom. The van der Waals surface area contributed by atoms with Crippen molar-refractivity contribution in [2.24, 2.45) is 0 Å². The van der Waals surface area contributed by atoms with Crippen LogP contribution >= 0.6 is 0 Å². The van der Waals surface area contributed by atoms with Gasteiger partial charge in [0.1, 0.15) is 13.2 Å². The molecule has 0 bridgehead atoms. The Kier molecular flexibility index (Phi) is 40.8. The highest BCUT2D eigenvalue weighted by atomic mass is 16.8. The second-order valence-electron chi connectivity index (χ2n) is 13.1. The monoisotopic (exact) mass is 749 g/mol. The van der Waals surface area contributed by atoms with E-state index in [2.05, 4.69) is 32.8 Å². The van der Waals surface area contributed by atoms with Crippen LogP contribution in [0.4, 0.5) is 9.59 Å². The Balaban J connectivity index is 0. The van der Waals surface area contributed by atoms with E-state index >= 15 is 0 Å². The number of ether oxygens (including phenoxy) is 6. The van der Waals surface area contributed by atoms with Gasteiger partial charge in [-0.05, 0) is 26.7 Å². The molecule has 0 aliphatic carbocycles. The van der Waals surface area contributed by atoms with Crippen LogP contribution in [0.2, 0.25) is 0 Å². The second-order valence-corrected chi connectivity index (χ2v) is 13.1. The first-order chi connectivity index (χ1) is 25.3. The summed E-state index contributed by atoms with van der Waals surface area (Å²) in [4.78, 5) is 45.6. The van der Waals surface area contributed by atoms with Gasteiger partial charge in [0.25, 0.3) is 0 Å². The molecule has 1 unspecified atom stereocenters. The molecular weight excluding hydrogens is 672 g/mol. The van der Waals surface area contributed by atoms with Crippen LogP contribution in [0.15, 0.2) is 0 Å².